The van der Waals surface area contributed by atoms with Crippen molar-refractivity contribution in [3.05, 3.63) is 22.4 Å². The SMILES string of the molecule is CN(C)CC(=O)Cc1cccs1. The van der Waals surface area contributed by atoms with Gasteiger partial charge in [-0.2, -0.15) is 0 Å². The summed E-state index contributed by atoms with van der Waals surface area (Å²) in [6.45, 7) is 0.540. The molecule has 1 aromatic heterocycles. The Morgan fingerprint density at radius 1 is 1.58 bits per heavy atom. The van der Waals surface area contributed by atoms with Crippen LogP contribution >= 0.6 is 11.3 Å². The van der Waals surface area contributed by atoms with Crippen molar-refractivity contribution in [2.75, 3.05) is 20.6 Å². The zero-order valence-electron chi connectivity index (χ0n) is 7.41. The zero-order chi connectivity index (χ0) is 8.97. The molecule has 0 aliphatic heterocycles. The molecule has 0 bridgehead atoms. The second kappa shape index (κ2) is 4.38. The fourth-order valence-corrected chi connectivity index (χ4v) is 1.75. The van der Waals surface area contributed by atoms with Crippen molar-refractivity contribution in [3.8, 4) is 0 Å². The van der Waals surface area contributed by atoms with Gasteiger partial charge in [-0.05, 0) is 25.5 Å². The number of hydrogen-bond acceptors (Lipinski definition) is 3. The molecule has 0 aromatic carbocycles. The second-order valence-electron chi connectivity index (χ2n) is 3.03. The van der Waals surface area contributed by atoms with E-state index in [0.29, 0.717) is 13.0 Å². The van der Waals surface area contributed by atoms with Gasteiger partial charge < -0.3 is 4.90 Å². The third-order valence-corrected chi connectivity index (χ3v) is 2.32. The highest BCUT2D eigenvalue weighted by atomic mass is 32.1. The minimum absolute atomic E-state index is 0.280. The molecule has 1 heterocycles. The number of thiophene rings is 1. The van der Waals surface area contributed by atoms with Gasteiger partial charge in [-0.25, -0.2) is 0 Å². The standard InChI is InChI=1S/C9H13NOS/c1-10(2)7-8(11)6-9-4-3-5-12-9/h3-5H,6-7H2,1-2H3. The normalized spacial score (nSPS) is 10.6. The first-order valence-electron chi connectivity index (χ1n) is 3.87. The molecule has 0 amide bonds. The van der Waals surface area contributed by atoms with Gasteiger partial charge in [0.2, 0.25) is 0 Å². The van der Waals surface area contributed by atoms with E-state index in [4.69, 9.17) is 0 Å². The van der Waals surface area contributed by atoms with Crippen molar-refractivity contribution >= 4 is 17.1 Å². The van der Waals surface area contributed by atoms with E-state index in [2.05, 4.69) is 0 Å². The summed E-state index contributed by atoms with van der Waals surface area (Å²) < 4.78 is 0. The number of likely N-dealkylation sites (N-methyl/N-ethyl adjacent to an activating group) is 1. The minimum Gasteiger partial charge on any atom is -0.302 e. The number of carbonyl (C=O) groups is 1. The second-order valence-corrected chi connectivity index (χ2v) is 4.06. The van der Waals surface area contributed by atoms with Crippen molar-refractivity contribution in [1.82, 2.24) is 4.90 Å². The predicted molar refractivity (Wildman–Crippen MR) is 51.6 cm³/mol. The van der Waals surface area contributed by atoms with Crippen molar-refractivity contribution in [2.24, 2.45) is 0 Å². The molecule has 0 saturated heterocycles. The summed E-state index contributed by atoms with van der Waals surface area (Å²) in [4.78, 5) is 14.3. The van der Waals surface area contributed by atoms with E-state index >= 15 is 0 Å². The number of ketones is 1. The van der Waals surface area contributed by atoms with E-state index in [1.54, 1.807) is 11.3 Å². The summed E-state index contributed by atoms with van der Waals surface area (Å²) in [6, 6.07) is 3.97. The molecule has 1 rings (SSSR count). The lowest BCUT2D eigenvalue weighted by molar-refractivity contribution is -0.118. The van der Waals surface area contributed by atoms with Crippen molar-refractivity contribution in [3.63, 3.8) is 0 Å². The van der Waals surface area contributed by atoms with E-state index in [0.717, 1.165) is 4.88 Å². The lowest BCUT2D eigenvalue weighted by Gasteiger charge is -2.06. The van der Waals surface area contributed by atoms with Crippen LogP contribution in [0.2, 0.25) is 0 Å². The zero-order valence-corrected chi connectivity index (χ0v) is 8.23. The Bertz CT molecular complexity index is 241. The molecule has 0 fully saturated rings. The van der Waals surface area contributed by atoms with E-state index in [-0.39, 0.29) is 5.78 Å². The Hall–Kier alpha value is -0.670. The molecule has 0 N–H and O–H groups in total. The Balaban J connectivity index is 2.37. The summed E-state index contributed by atoms with van der Waals surface area (Å²) >= 11 is 1.64. The molecule has 0 unspecified atom stereocenters. The van der Waals surface area contributed by atoms with Crippen LogP contribution in [0, 0.1) is 0 Å². The first kappa shape index (κ1) is 9.42. The highest BCUT2D eigenvalue weighted by Gasteiger charge is 2.04. The molecule has 2 nitrogen and oxygen atoms in total. The van der Waals surface area contributed by atoms with E-state index in [1.165, 1.54) is 0 Å². The summed E-state index contributed by atoms with van der Waals surface area (Å²) in [6.07, 6.45) is 0.579. The van der Waals surface area contributed by atoms with Crippen molar-refractivity contribution in [1.29, 1.82) is 0 Å². The summed E-state index contributed by atoms with van der Waals surface area (Å²) in [5.41, 5.74) is 0. The van der Waals surface area contributed by atoms with Gasteiger partial charge in [-0.3, -0.25) is 4.79 Å². The van der Waals surface area contributed by atoms with Crippen molar-refractivity contribution in [2.45, 2.75) is 6.42 Å². The van der Waals surface area contributed by atoms with Gasteiger partial charge in [0.1, 0.15) is 0 Å². The molecule has 0 saturated carbocycles. The van der Waals surface area contributed by atoms with Crippen LogP contribution in [-0.4, -0.2) is 31.3 Å². The number of rotatable bonds is 4. The third-order valence-electron chi connectivity index (χ3n) is 1.44. The summed E-state index contributed by atoms with van der Waals surface area (Å²) in [5.74, 6) is 0.280. The summed E-state index contributed by atoms with van der Waals surface area (Å²) in [5, 5.41) is 2.00. The van der Waals surface area contributed by atoms with Crippen LogP contribution in [0.3, 0.4) is 0 Å². The predicted octanol–water partition coefficient (Wildman–Crippen LogP) is 1.42. The Kier molecular flexibility index (Phi) is 3.44. The smallest absolute Gasteiger partial charge is 0.151 e. The number of nitrogens with zero attached hydrogens (tertiary/aromatic N) is 1. The van der Waals surface area contributed by atoms with E-state index < -0.39 is 0 Å². The van der Waals surface area contributed by atoms with Crippen LogP contribution < -0.4 is 0 Å². The van der Waals surface area contributed by atoms with E-state index in [1.807, 2.05) is 36.5 Å². The maximum atomic E-state index is 11.3. The molecule has 0 spiro atoms. The van der Waals surface area contributed by atoms with Crippen LogP contribution in [0.15, 0.2) is 17.5 Å². The lowest BCUT2D eigenvalue weighted by Crippen LogP contribution is -2.22. The quantitative estimate of drug-likeness (QED) is 0.703. The van der Waals surface area contributed by atoms with Gasteiger partial charge in [0, 0.05) is 11.3 Å². The van der Waals surface area contributed by atoms with Gasteiger partial charge in [-0.15, -0.1) is 11.3 Å². The number of carbonyl (C=O) groups excluding carboxylic acids is 1. The highest BCUT2D eigenvalue weighted by molar-refractivity contribution is 7.10. The fourth-order valence-electron chi connectivity index (χ4n) is 1.02. The topological polar surface area (TPSA) is 20.3 Å². The molecule has 12 heavy (non-hydrogen) atoms. The third kappa shape index (κ3) is 3.15. The van der Waals surface area contributed by atoms with Crippen LogP contribution in [0.1, 0.15) is 4.88 Å². The lowest BCUT2D eigenvalue weighted by atomic mass is 10.2. The minimum atomic E-state index is 0.280. The van der Waals surface area contributed by atoms with Gasteiger partial charge in [0.05, 0.1) is 6.54 Å². The molecule has 1 aromatic rings. The monoisotopic (exact) mass is 183 g/mol. The highest BCUT2D eigenvalue weighted by Crippen LogP contribution is 2.09. The molecule has 0 radical (unpaired) electrons. The molecule has 0 atom stereocenters. The molecule has 66 valence electrons. The number of Topliss-reactive ketones (excluding diaryl/α,β-unsaturated/α-hetero) is 1. The van der Waals surface area contributed by atoms with Crippen LogP contribution in [0.25, 0.3) is 0 Å². The summed E-state index contributed by atoms with van der Waals surface area (Å²) in [7, 11) is 3.82. The average molecular weight is 183 g/mol. The largest absolute Gasteiger partial charge is 0.302 e. The van der Waals surface area contributed by atoms with Crippen LogP contribution in [-0.2, 0) is 11.2 Å². The Morgan fingerprint density at radius 2 is 2.33 bits per heavy atom. The van der Waals surface area contributed by atoms with Gasteiger partial charge in [0.25, 0.3) is 0 Å². The van der Waals surface area contributed by atoms with Gasteiger partial charge in [0.15, 0.2) is 5.78 Å². The van der Waals surface area contributed by atoms with Gasteiger partial charge >= 0.3 is 0 Å². The average Bonchev–Trinajstić information content (AvgIpc) is 2.37. The Morgan fingerprint density at radius 3 is 2.83 bits per heavy atom. The van der Waals surface area contributed by atoms with Crippen LogP contribution in [0.4, 0.5) is 0 Å². The van der Waals surface area contributed by atoms with Crippen molar-refractivity contribution < 1.29 is 4.79 Å². The molecular formula is C9H13NOS. The molecule has 0 aliphatic carbocycles. The van der Waals surface area contributed by atoms with Crippen LogP contribution in [0.5, 0.6) is 0 Å². The van der Waals surface area contributed by atoms with E-state index in [9.17, 15) is 4.79 Å². The maximum Gasteiger partial charge on any atom is 0.151 e. The molecule has 3 heteroatoms. The molecule has 0 aliphatic rings. The maximum absolute atomic E-state index is 11.3. The fraction of sp³-hybridized carbons (Fsp3) is 0.444. The Labute approximate surface area is 76.8 Å². The first-order valence-corrected chi connectivity index (χ1v) is 4.75. The van der Waals surface area contributed by atoms with Gasteiger partial charge in [-0.1, -0.05) is 6.07 Å². The first-order chi connectivity index (χ1) is 5.68. The molecular weight excluding hydrogens is 170 g/mol. The number of hydrogen-bond donors (Lipinski definition) is 0.